The molecule has 2 aromatic carbocycles. The Morgan fingerprint density at radius 1 is 0.806 bits per heavy atom. The molecule has 0 bridgehead atoms. The van der Waals surface area contributed by atoms with Crippen LogP contribution in [0.1, 0.15) is 28.7 Å². The first-order chi connectivity index (χ1) is 15.3. The lowest BCUT2D eigenvalue weighted by molar-refractivity contribution is 0.583. The molecule has 0 fully saturated rings. The Labute approximate surface area is 179 Å². The highest BCUT2D eigenvalue weighted by Crippen LogP contribution is 2.32. The average molecular weight is 410 g/mol. The topological polar surface area (TPSA) is 88.8 Å². The van der Waals surface area contributed by atoms with E-state index >= 15 is 0 Å². The fourth-order valence-corrected chi connectivity index (χ4v) is 4.45. The Bertz CT molecular complexity index is 1260. The molecule has 1 aliphatic carbocycles. The van der Waals surface area contributed by atoms with Gasteiger partial charge >= 0.3 is 6.01 Å². The number of nitrogens with one attached hydrogen (secondary N) is 2. The van der Waals surface area contributed by atoms with Crippen LogP contribution in [0.15, 0.2) is 52.9 Å². The number of hydrogen-bond acceptors (Lipinski definition) is 7. The number of anilines is 2. The molecule has 0 saturated carbocycles. The van der Waals surface area contributed by atoms with E-state index in [0.29, 0.717) is 17.6 Å². The second-order valence-corrected chi connectivity index (χ2v) is 8.06. The van der Waals surface area contributed by atoms with E-state index in [4.69, 9.17) is 4.42 Å². The Morgan fingerprint density at radius 3 is 2.74 bits per heavy atom. The maximum absolute atomic E-state index is 5.86. The van der Waals surface area contributed by atoms with Crippen LogP contribution in [-0.4, -0.2) is 26.9 Å². The van der Waals surface area contributed by atoms with Gasteiger partial charge < -0.3 is 15.1 Å². The van der Waals surface area contributed by atoms with Crippen LogP contribution >= 0.6 is 0 Å². The Kier molecular flexibility index (Phi) is 4.46. The highest BCUT2D eigenvalue weighted by molar-refractivity contribution is 5.69. The SMILES string of the molecule is c1ccc2c(c1)CCCc1cc(-c3nnc(Nc4ccc5c(c4)CNCC5)o3)nnc1-2. The van der Waals surface area contributed by atoms with Gasteiger partial charge in [-0.15, -0.1) is 15.3 Å². The van der Waals surface area contributed by atoms with Gasteiger partial charge in [-0.3, -0.25) is 0 Å². The van der Waals surface area contributed by atoms with Crippen molar-refractivity contribution in [1.29, 1.82) is 0 Å². The van der Waals surface area contributed by atoms with Crippen molar-refractivity contribution in [1.82, 2.24) is 25.7 Å². The van der Waals surface area contributed by atoms with Gasteiger partial charge in [-0.25, -0.2) is 0 Å². The fraction of sp³-hybridized carbons (Fsp3) is 0.250. The summed E-state index contributed by atoms with van der Waals surface area (Å²) < 4.78 is 5.86. The van der Waals surface area contributed by atoms with E-state index in [0.717, 1.165) is 50.2 Å². The Morgan fingerprint density at radius 2 is 1.74 bits per heavy atom. The molecule has 0 saturated heterocycles. The molecule has 0 atom stereocenters. The van der Waals surface area contributed by atoms with Gasteiger partial charge in [0.25, 0.3) is 5.89 Å². The minimum Gasteiger partial charge on any atom is -0.401 e. The second-order valence-electron chi connectivity index (χ2n) is 8.06. The first-order valence-electron chi connectivity index (χ1n) is 10.7. The zero-order valence-corrected chi connectivity index (χ0v) is 17.1. The van der Waals surface area contributed by atoms with E-state index < -0.39 is 0 Å². The third kappa shape index (κ3) is 3.47. The Hall–Kier alpha value is -3.58. The predicted octanol–water partition coefficient (Wildman–Crippen LogP) is 4.07. The second kappa shape index (κ2) is 7.59. The van der Waals surface area contributed by atoms with Crippen LogP contribution in [0.25, 0.3) is 22.8 Å². The number of nitrogens with zero attached hydrogens (tertiary/aromatic N) is 4. The molecule has 7 nitrogen and oxygen atoms in total. The molecule has 154 valence electrons. The molecule has 31 heavy (non-hydrogen) atoms. The third-order valence-corrected chi connectivity index (χ3v) is 6.03. The third-order valence-electron chi connectivity index (χ3n) is 6.03. The summed E-state index contributed by atoms with van der Waals surface area (Å²) in [4.78, 5) is 0. The first kappa shape index (κ1) is 18.2. The van der Waals surface area contributed by atoms with E-state index in [2.05, 4.69) is 67.4 Å². The molecule has 0 radical (unpaired) electrons. The van der Waals surface area contributed by atoms with Crippen molar-refractivity contribution in [3.05, 3.63) is 70.8 Å². The van der Waals surface area contributed by atoms with Crippen molar-refractivity contribution in [2.24, 2.45) is 0 Å². The minimum atomic E-state index is 0.348. The van der Waals surface area contributed by atoms with Crippen LogP contribution in [0, 0.1) is 0 Å². The van der Waals surface area contributed by atoms with Crippen molar-refractivity contribution >= 4 is 11.7 Å². The molecule has 4 aromatic rings. The van der Waals surface area contributed by atoms with Crippen molar-refractivity contribution in [3.8, 4) is 22.8 Å². The lowest BCUT2D eigenvalue weighted by Crippen LogP contribution is -2.23. The van der Waals surface area contributed by atoms with Crippen LogP contribution in [0.5, 0.6) is 0 Å². The van der Waals surface area contributed by atoms with E-state index in [1.165, 1.54) is 27.8 Å². The zero-order valence-electron chi connectivity index (χ0n) is 17.1. The molecule has 0 spiro atoms. The molecule has 0 unspecified atom stereocenters. The van der Waals surface area contributed by atoms with Gasteiger partial charge in [-0.05, 0) is 72.7 Å². The van der Waals surface area contributed by atoms with Gasteiger partial charge in [0.1, 0.15) is 0 Å². The van der Waals surface area contributed by atoms with Gasteiger partial charge in [0.2, 0.25) is 0 Å². The number of aryl methyl sites for hydroxylation is 2. The molecule has 3 heterocycles. The van der Waals surface area contributed by atoms with Crippen LogP contribution in [-0.2, 0) is 25.8 Å². The molecule has 2 N–H and O–H groups in total. The summed E-state index contributed by atoms with van der Waals surface area (Å²) in [6.07, 6.45) is 4.14. The van der Waals surface area contributed by atoms with E-state index in [-0.39, 0.29) is 0 Å². The summed E-state index contributed by atoms with van der Waals surface area (Å²) in [5, 5.41) is 23.9. The van der Waals surface area contributed by atoms with Crippen LogP contribution in [0.4, 0.5) is 11.7 Å². The summed E-state index contributed by atoms with van der Waals surface area (Å²) in [7, 11) is 0. The summed E-state index contributed by atoms with van der Waals surface area (Å²) >= 11 is 0. The summed E-state index contributed by atoms with van der Waals surface area (Å²) in [6, 6.07) is 17.1. The van der Waals surface area contributed by atoms with Gasteiger partial charge in [0, 0.05) is 17.8 Å². The smallest absolute Gasteiger partial charge is 0.320 e. The number of benzene rings is 2. The molecular formula is C24H22N6O. The normalized spacial score (nSPS) is 14.8. The number of fused-ring (bicyclic) bond motifs is 4. The van der Waals surface area contributed by atoms with Gasteiger partial charge in [-0.1, -0.05) is 35.4 Å². The number of rotatable bonds is 3. The molecule has 2 aromatic heterocycles. The summed E-state index contributed by atoms with van der Waals surface area (Å²) in [5.74, 6) is 0.370. The monoisotopic (exact) mass is 410 g/mol. The highest BCUT2D eigenvalue weighted by atomic mass is 16.4. The summed E-state index contributed by atoms with van der Waals surface area (Å²) in [6.45, 7) is 1.91. The number of hydrogen-bond donors (Lipinski definition) is 2. The minimum absolute atomic E-state index is 0.348. The lowest BCUT2D eigenvalue weighted by Gasteiger charge is -2.17. The van der Waals surface area contributed by atoms with Gasteiger partial charge in [-0.2, -0.15) is 0 Å². The van der Waals surface area contributed by atoms with E-state index in [1.807, 2.05) is 12.1 Å². The average Bonchev–Trinajstić information content (AvgIpc) is 3.19. The number of aromatic nitrogens is 4. The van der Waals surface area contributed by atoms with Crippen LogP contribution in [0.2, 0.25) is 0 Å². The molecule has 0 amide bonds. The standard InChI is InChI=1S/C24H22N6O/c1-2-7-20-16(4-1)5-3-6-17-13-21(27-28-22(17)20)23-29-30-24(31-23)26-19-9-8-15-10-11-25-14-18(15)12-19/h1-2,4,7-9,12-13,25H,3,5-6,10-11,14H2,(H,26,30). The molecule has 6 rings (SSSR count). The van der Waals surface area contributed by atoms with Gasteiger partial charge in [0.15, 0.2) is 5.69 Å². The highest BCUT2D eigenvalue weighted by Gasteiger charge is 2.19. The lowest BCUT2D eigenvalue weighted by atomic mass is 10.0. The van der Waals surface area contributed by atoms with Gasteiger partial charge in [0.05, 0.1) is 5.69 Å². The zero-order chi connectivity index (χ0) is 20.6. The molecular weight excluding hydrogens is 388 g/mol. The van der Waals surface area contributed by atoms with Crippen molar-refractivity contribution in [2.45, 2.75) is 32.2 Å². The largest absolute Gasteiger partial charge is 0.401 e. The van der Waals surface area contributed by atoms with Crippen LogP contribution in [0.3, 0.4) is 0 Å². The van der Waals surface area contributed by atoms with E-state index in [9.17, 15) is 0 Å². The molecule has 7 heteroatoms. The quantitative estimate of drug-likeness (QED) is 0.526. The Balaban J connectivity index is 1.27. The molecule has 2 aliphatic rings. The van der Waals surface area contributed by atoms with Crippen molar-refractivity contribution in [2.75, 3.05) is 11.9 Å². The van der Waals surface area contributed by atoms with Crippen molar-refractivity contribution < 1.29 is 4.42 Å². The van der Waals surface area contributed by atoms with E-state index in [1.54, 1.807) is 0 Å². The maximum atomic E-state index is 5.86. The summed E-state index contributed by atoms with van der Waals surface area (Å²) in [5.41, 5.74) is 8.85. The fourth-order valence-electron chi connectivity index (χ4n) is 4.45. The predicted molar refractivity (Wildman–Crippen MR) is 118 cm³/mol. The molecule has 1 aliphatic heterocycles. The maximum Gasteiger partial charge on any atom is 0.320 e. The van der Waals surface area contributed by atoms with Crippen LogP contribution < -0.4 is 10.6 Å². The first-order valence-corrected chi connectivity index (χ1v) is 10.7. The van der Waals surface area contributed by atoms with Crippen molar-refractivity contribution in [3.63, 3.8) is 0 Å².